The molecule has 0 radical (unpaired) electrons. The Morgan fingerprint density at radius 1 is 1.38 bits per heavy atom. The van der Waals surface area contributed by atoms with Gasteiger partial charge >= 0.3 is 5.97 Å². The van der Waals surface area contributed by atoms with E-state index in [1.54, 1.807) is 6.08 Å². The minimum absolute atomic E-state index is 0.0561. The lowest BCUT2D eigenvalue weighted by molar-refractivity contribution is -0.143. The number of carbonyl (C=O) groups is 1. The summed E-state index contributed by atoms with van der Waals surface area (Å²) in [5.41, 5.74) is 0. The van der Waals surface area contributed by atoms with E-state index in [1.165, 1.54) is 0 Å². The zero-order valence-electron chi connectivity index (χ0n) is 6.76. The fourth-order valence-electron chi connectivity index (χ4n) is 0.442. The van der Waals surface area contributed by atoms with Gasteiger partial charge in [-0.3, -0.25) is 0 Å². The molecule has 0 aliphatic heterocycles. The highest BCUT2D eigenvalue weighted by Crippen LogP contribution is 2.27. The highest BCUT2D eigenvalue weighted by atomic mass is 35.6. The maximum atomic E-state index is 10.8. The molecule has 76 valence electrons. The maximum absolute atomic E-state index is 10.8. The minimum Gasteiger partial charge on any atom is -0.460 e. The molecule has 0 N–H and O–H groups in total. The van der Waals surface area contributed by atoms with Crippen LogP contribution in [0.15, 0.2) is 12.7 Å². The first-order valence-corrected chi connectivity index (χ1v) is 4.54. The molecule has 3 nitrogen and oxygen atoms in total. The Morgan fingerprint density at radius 2 is 2.00 bits per heavy atom. The van der Waals surface area contributed by atoms with Crippen molar-refractivity contribution in [2.75, 3.05) is 19.8 Å². The summed E-state index contributed by atoms with van der Waals surface area (Å²) in [6.07, 6.45) is 1.58. The molecule has 0 aliphatic carbocycles. The van der Waals surface area contributed by atoms with Gasteiger partial charge in [-0.25, -0.2) is 4.79 Å². The van der Waals surface area contributed by atoms with Crippen molar-refractivity contribution < 1.29 is 14.3 Å². The highest BCUT2D eigenvalue weighted by Gasteiger charge is 2.32. The smallest absolute Gasteiger partial charge is 0.358 e. The predicted octanol–water partition coefficient (Wildman–Crippen LogP) is 2.10. The summed E-state index contributed by atoms with van der Waals surface area (Å²) in [6.45, 7) is 4.14. The van der Waals surface area contributed by atoms with Gasteiger partial charge in [-0.2, -0.15) is 0 Å². The number of ether oxygens (including phenoxy) is 2. The van der Waals surface area contributed by atoms with E-state index in [0.717, 1.165) is 0 Å². The number of esters is 1. The minimum atomic E-state index is -2.02. The van der Waals surface area contributed by atoms with Crippen LogP contribution in [-0.4, -0.2) is 29.6 Å². The van der Waals surface area contributed by atoms with Crippen LogP contribution >= 0.6 is 34.8 Å². The first-order valence-electron chi connectivity index (χ1n) is 3.41. The molecule has 0 aromatic heterocycles. The first kappa shape index (κ1) is 13.0. The predicted molar refractivity (Wildman–Crippen MR) is 52.3 cm³/mol. The molecule has 6 heteroatoms. The van der Waals surface area contributed by atoms with Gasteiger partial charge in [0.15, 0.2) is 0 Å². The largest absolute Gasteiger partial charge is 0.460 e. The molecule has 0 saturated carbocycles. The molecular formula is C7H9Cl3O3. The molecule has 0 saturated heterocycles. The van der Waals surface area contributed by atoms with E-state index in [2.05, 4.69) is 11.3 Å². The molecule has 13 heavy (non-hydrogen) atoms. The quantitative estimate of drug-likeness (QED) is 0.323. The second-order valence-corrected chi connectivity index (χ2v) is 4.28. The molecule has 0 aliphatic rings. The van der Waals surface area contributed by atoms with Crippen molar-refractivity contribution in [3.05, 3.63) is 12.7 Å². The zero-order chi connectivity index (χ0) is 10.3. The van der Waals surface area contributed by atoms with Crippen molar-refractivity contribution in [3.8, 4) is 0 Å². The SMILES string of the molecule is C=CCOCCOC(=O)C(Cl)(Cl)Cl. The number of hydrogen-bond donors (Lipinski definition) is 0. The van der Waals surface area contributed by atoms with Crippen LogP contribution < -0.4 is 0 Å². The van der Waals surface area contributed by atoms with E-state index < -0.39 is 9.76 Å². The van der Waals surface area contributed by atoms with Crippen LogP contribution in [0, 0.1) is 0 Å². The van der Waals surface area contributed by atoms with Crippen LogP contribution in [-0.2, 0) is 14.3 Å². The van der Waals surface area contributed by atoms with Crippen LogP contribution in [0.2, 0.25) is 0 Å². The van der Waals surface area contributed by atoms with E-state index in [0.29, 0.717) is 6.61 Å². The second-order valence-electron chi connectivity index (χ2n) is 2.00. The van der Waals surface area contributed by atoms with Crippen LogP contribution in [0.4, 0.5) is 0 Å². The third-order valence-corrected chi connectivity index (χ3v) is 1.39. The van der Waals surface area contributed by atoms with Gasteiger partial charge in [0, 0.05) is 0 Å². The Labute approximate surface area is 91.5 Å². The average Bonchev–Trinajstić information content (AvgIpc) is 2.02. The second kappa shape index (κ2) is 6.49. The Hall–Kier alpha value is 0.0400. The Balaban J connectivity index is 3.43. The number of carbonyl (C=O) groups excluding carboxylic acids is 1. The van der Waals surface area contributed by atoms with Gasteiger partial charge in [0.2, 0.25) is 0 Å². The molecule has 0 fully saturated rings. The van der Waals surface area contributed by atoms with E-state index in [-0.39, 0.29) is 13.2 Å². The van der Waals surface area contributed by atoms with Crippen molar-refractivity contribution in [2.45, 2.75) is 3.79 Å². The zero-order valence-corrected chi connectivity index (χ0v) is 9.03. The molecule has 0 bridgehead atoms. The molecule has 0 rings (SSSR count). The van der Waals surface area contributed by atoms with Gasteiger partial charge in [-0.05, 0) is 0 Å². The summed E-state index contributed by atoms with van der Waals surface area (Å²) in [5, 5.41) is 0. The first-order chi connectivity index (χ1) is 5.98. The van der Waals surface area contributed by atoms with Gasteiger partial charge in [0.25, 0.3) is 3.79 Å². The number of halogens is 3. The molecule has 0 unspecified atom stereocenters. The fraction of sp³-hybridized carbons (Fsp3) is 0.571. The van der Waals surface area contributed by atoms with Gasteiger partial charge < -0.3 is 9.47 Å². The van der Waals surface area contributed by atoms with Gasteiger partial charge in [0.1, 0.15) is 6.61 Å². The van der Waals surface area contributed by atoms with Crippen LogP contribution in [0.5, 0.6) is 0 Å². The Morgan fingerprint density at radius 3 is 2.46 bits per heavy atom. The van der Waals surface area contributed by atoms with E-state index in [1.807, 2.05) is 0 Å². The van der Waals surface area contributed by atoms with Gasteiger partial charge in [-0.1, -0.05) is 40.9 Å². The average molecular weight is 248 g/mol. The summed E-state index contributed by atoms with van der Waals surface area (Å²) in [5.74, 6) is -0.903. The van der Waals surface area contributed by atoms with Crippen LogP contribution in [0.25, 0.3) is 0 Å². The lowest BCUT2D eigenvalue weighted by Crippen LogP contribution is -2.23. The lowest BCUT2D eigenvalue weighted by Gasteiger charge is -2.09. The lowest BCUT2D eigenvalue weighted by atomic mass is 10.7. The summed E-state index contributed by atoms with van der Waals surface area (Å²) in [7, 11) is 0. The van der Waals surface area contributed by atoms with E-state index >= 15 is 0 Å². The number of alkyl halides is 3. The third-order valence-electron chi connectivity index (χ3n) is 0.928. The van der Waals surface area contributed by atoms with Crippen molar-refractivity contribution in [1.29, 1.82) is 0 Å². The maximum Gasteiger partial charge on any atom is 0.358 e. The van der Waals surface area contributed by atoms with Crippen molar-refractivity contribution in [2.24, 2.45) is 0 Å². The molecule has 0 atom stereocenters. The van der Waals surface area contributed by atoms with E-state index in [4.69, 9.17) is 39.5 Å². The van der Waals surface area contributed by atoms with E-state index in [9.17, 15) is 4.79 Å². The fourth-order valence-corrected chi connectivity index (χ4v) is 0.605. The van der Waals surface area contributed by atoms with Gasteiger partial charge in [0.05, 0.1) is 13.2 Å². The summed E-state index contributed by atoms with van der Waals surface area (Å²) >= 11 is 15.7. The van der Waals surface area contributed by atoms with Gasteiger partial charge in [-0.15, -0.1) is 6.58 Å². The third kappa shape index (κ3) is 7.14. The van der Waals surface area contributed by atoms with Crippen LogP contribution in [0.3, 0.4) is 0 Å². The Bertz CT molecular complexity index is 176. The molecule has 0 aromatic carbocycles. The standard InChI is InChI=1S/C7H9Cl3O3/c1-2-3-12-4-5-13-6(11)7(8,9)10/h2H,1,3-5H2. The highest BCUT2D eigenvalue weighted by molar-refractivity contribution is 6.75. The summed E-state index contributed by atoms with van der Waals surface area (Å²) < 4.78 is 7.46. The van der Waals surface area contributed by atoms with Crippen molar-refractivity contribution in [1.82, 2.24) is 0 Å². The molecular weight excluding hydrogens is 238 g/mol. The van der Waals surface area contributed by atoms with Crippen molar-refractivity contribution in [3.63, 3.8) is 0 Å². The molecule has 0 spiro atoms. The number of hydrogen-bond acceptors (Lipinski definition) is 3. The Kier molecular flexibility index (Phi) is 6.51. The topological polar surface area (TPSA) is 35.5 Å². The number of rotatable bonds is 5. The molecule has 0 aromatic rings. The summed E-state index contributed by atoms with van der Waals surface area (Å²) in [4.78, 5) is 10.8. The van der Waals surface area contributed by atoms with Crippen molar-refractivity contribution >= 4 is 40.8 Å². The normalized spacial score (nSPS) is 11.0. The molecule has 0 heterocycles. The monoisotopic (exact) mass is 246 g/mol. The molecule has 0 amide bonds. The van der Waals surface area contributed by atoms with Crippen LogP contribution in [0.1, 0.15) is 0 Å². The summed E-state index contributed by atoms with van der Waals surface area (Å²) in [6, 6.07) is 0.